The highest BCUT2D eigenvalue weighted by Crippen LogP contribution is 2.26. The monoisotopic (exact) mass is 522 g/mol. The van der Waals surface area contributed by atoms with Crippen LogP contribution in [-0.2, 0) is 14.3 Å². The lowest BCUT2D eigenvalue weighted by molar-refractivity contribution is -0.308. The number of carboxylic acid groups (broad SMARTS) is 1. The quantitative estimate of drug-likeness (QED) is 0.121. The first-order chi connectivity index (χ1) is 17.3. The van der Waals surface area contributed by atoms with Crippen LogP contribution in [0.5, 0.6) is 0 Å². The number of aliphatic hydroxyl groups is 5. The molecule has 0 aliphatic carbocycles. The number of rotatable bonds is 13. The van der Waals surface area contributed by atoms with Crippen molar-refractivity contribution in [2.75, 3.05) is 6.61 Å². The number of ether oxygens (including phenoxy) is 2. The molecule has 9 nitrogen and oxygen atoms in total. The zero-order chi connectivity index (χ0) is 28.2. The van der Waals surface area contributed by atoms with Crippen molar-refractivity contribution in [1.82, 2.24) is 0 Å². The number of hydrogen-bond acceptors (Lipinski definition) is 8. The Morgan fingerprint density at radius 1 is 1.03 bits per heavy atom. The number of aliphatic carboxylic acids is 1. The Labute approximate surface area is 219 Å². The van der Waals surface area contributed by atoms with Crippen LogP contribution in [0.2, 0.25) is 0 Å². The van der Waals surface area contributed by atoms with Gasteiger partial charge >= 0.3 is 5.97 Å². The second-order valence-electron chi connectivity index (χ2n) is 9.68. The molecule has 1 heterocycles. The summed E-state index contributed by atoms with van der Waals surface area (Å²) in [5, 5.41) is 59.0. The Morgan fingerprint density at radius 2 is 1.70 bits per heavy atom. The van der Waals surface area contributed by atoms with E-state index >= 15 is 0 Å². The second-order valence-corrected chi connectivity index (χ2v) is 9.68. The molecule has 0 bridgehead atoms. The molecular formula is C28H42O9. The summed E-state index contributed by atoms with van der Waals surface area (Å²) in [6.45, 7) is 8.70. The van der Waals surface area contributed by atoms with Crippen LogP contribution in [0.4, 0.5) is 0 Å². The van der Waals surface area contributed by atoms with Crippen molar-refractivity contribution in [3.8, 4) is 0 Å². The van der Waals surface area contributed by atoms with E-state index in [-0.39, 0.29) is 0 Å². The topological polar surface area (TPSA) is 157 Å². The van der Waals surface area contributed by atoms with Crippen LogP contribution in [0, 0.1) is 0 Å². The van der Waals surface area contributed by atoms with Crippen LogP contribution in [0.25, 0.3) is 0 Å². The van der Waals surface area contributed by atoms with Gasteiger partial charge in [-0.2, -0.15) is 0 Å². The maximum absolute atomic E-state index is 10.6. The SMILES string of the molecule is CC(C)=CC[C@H](O[C@H]1O[C@H](CO)[C@@H](O)[C@H](O)[C@@H]1O)/C(C)=C/C=C/C(C)=C/[C@](C)(O)C/C=C/C=C/C(=O)O. The van der Waals surface area contributed by atoms with E-state index < -0.39 is 55.0 Å². The fraction of sp³-hybridized carbons (Fsp3) is 0.536. The summed E-state index contributed by atoms with van der Waals surface area (Å²) in [5.41, 5.74) is 1.55. The van der Waals surface area contributed by atoms with E-state index in [1.807, 2.05) is 45.9 Å². The normalized spacial score (nSPS) is 28.1. The van der Waals surface area contributed by atoms with E-state index in [1.54, 1.807) is 31.2 Å². The fourth-order valence-electron chi connectivity index (χ4n) is 3.61. The van der Waals surface area contributed by atoms with Crippen LogP contribution in [-0.4, -0.2) is 85.6 Å². The highest BCUT2D eigenvalue weighted by atomic mass is 16.7. The van der Waals surface area contributed by atoms with Gasteiger partial charge in [-0.05, 0) is 53.0 Å². The molecule has 0 spiro atoms. The van der Waals surface area contributed by atoms with Gasteiger partial charge in [0.2, 0.25) is 0 Å². The predicted octanol–water partition coefficient (Wildman–Crippen LogP) is 2.31. The summed E-state index contributed by atoms with van der Waals surface area (Å²) < 4.78 is 11.5. The maximum atomic E-state index is 10.6. The van der Waals surface area contributed by atoms with E-state index in [9.17, 15) is 30.3 Å². The number of hydrogen-bond donors (Lipinski definition) is 6. The Balaban J connectivity index is 2.95. The highest BCUT2D eigenvalue weighted by Gasteiger charge is 2.44. The molecular weight excluding hydrogens is 480 g/mol. The molecule has 0 aromatic heterocycles. The van der Waals surface area contributed by atoms with Gasteiger partial charge in [0.1, 0.15) is 24.4 Å². The van der Waals surface area contributed by atoms with Gasteiger partial charge in [-0.15, -0.1) is 0 Å². The van der Waals surface area contributed by atoms with Gasteiger partial charge < -0.3 is 40.1 Å². The lowest BCUT2D eigenvalue weighted by atomic mass is 9.98. The maximum Gasteiger partial charge on any atom is 0.328 e. The third-order valence-electron chi connectivity index (χ3n) is 5.67. The molecule has 0 amide bonds. The molecule has 0 radical (unpaired) electrons. The predicted molar refractivity (Wildman–Crippen MR) is 140 cm³/mol. The standard InChI is InChI=1S/C28H42O9/c1-18(2)13-14-21(36-27-26(34)25(33)24(32)22(17-29)37-27)20(4)11-9-10-19(3)16-28(5,35)15-8-6-7-12-23(30)31/h6-13,16,21-22,24-27,29,32-35H,14-15,17H2,1-5H3,(H,30,31)/b8-6+,10-9+,12-7+,19-16+,20-11+/t21-,22+,24+,25-,26-,27-,28+/m0/s1. The third kappa shape index (κ3) is 12.1. The minimum atomic E-state index is -1.52. The van der Waals surface area contributed by atoms with Crippen LogP contribution in [0.3, 0.4) is 0 Å². The summed E-state index contributed by atoms with van der Waals surface area (Å²) in [4.78, 5) is 10.5. The number of allylic oxidation sites excluding steroid dienone is 7. The zero-order valence-corrected chi connectivity index (χ0v) is 22.2. The molecule has 37 heavy (non-hydrogen) atoms. The molecule has 7 atom stereocenters. The summed E-state index contributed by atoms with van der Waals surface area (Å²) >= 11 is 0. The molecule has 1 saturated heterocycles. The molecule has 0 saturated carbocycles. The van der Waals surface area contributed by atoms with Crippen molar-refractivity contribution in [2.24, 2.45) is 0 Å². The van der Waals surface area contributed by atoms with Crippen LogP contribution in [0.1, 0.15) is 47.5 Å². The van der Waals surface area contributed by atoms with Gasteiger partial charge in [-0.3, -0.25) is 0 Å². The van der Waals surface area contributed by atoms with E-state index in [0.29, 0.717) is 12.8 Å². The number of aliphatic hydroxyl groups excluding tert-OH is 4. The summed E-state index contributed by atoms with van der Waals surface area (Å²) in [6, 6.07) is 0. The molecule has 0 unspecified atom stereocenters. The first-order valence-corrected chi connectivity index (χ1v) is 12.2. The van der Waals surface area contributed by atoms with Crippen molar-refractivity contribution in [3.63, 3.8) is 0 Å². The van der Waals surface area contributed by atoms with Crippen molar-refractivity contribution < 1.29 is 44.9 Å². The summed E-state index contributed by atoms with van der Waals surface area (Å²) in [6.07, 6.45) is 8.25. The Morgan fingerprint density at radius 3 is 2.30 bits per heavy atom. The molecule has 0 aromatic carbocycles. The van der Waals surface area contributed by atoms with Gasteiger partial charge in [0, 0.05) is 6.08 Å². The molecule has 0 aromatic rings. The first-order valence-electron chi connectivity index (χ1n) is 12.2. The summed E-state index contributed by atoms with van der Waals surface area (Å²) in [7, 11) is 0. The minimum absolute atomic E-state index is 0.300. The molecule has 1 aliphatic heterocycles. The largest absolute Gasteiger partial charge is 0.478 e. The van der Waals surface area contributed by atoms with Gasteiger partial charge in [0.05, 0.1) is 18.3 Å². The van der Waals surface area contributed by atoms with Crippen molar-refractivity contribution >= 4 is 5.97 Å². The Bertz CT molecular complexity index is 905. The molecule has 1 aliphatic rings. The number of carboxylic acids is 1. The molecule has 1 fully saturated rings. The smallest absolute Gasteiger partial charge is 0.328 e. The molecule has 1 rings (SSSR count). The second kappa shape index (κ2) is 15.8. The highest BCUT2D eigenvalue weighted by molar-refractivity contribution is 5.80. The van der Waals surface area contributed by atoms with Gasteiger partial charge in [0.15, 0.2) is 6.29 Å². The van der Waals surface area contributed by atoms with Crippen LogP contribution < -0.4 is 0 Å². The van der Waals surface area contributed by atoms with E-state index in [0.717, 1.165) is 22.8 Å². The lowest BCUT2D eigenvalue weighted by Gasteiger charge is -2.41. The fourth-order valence-corrected chi connectivity index (χ4v) is 3.61. The molecule has 9 heteroatoms. The van der Waals surface area contributed by atoms with E-state index in [1.165, 1.54) is 6.08 Å². The van der Waals surface area contributed by atoms with Gasteiger partial charge in [-0.25, -0.2) is 4.79 Å². The van der Waals surface area contributed by atoms with Crippen LogP contribution >= 0.6 is 0 Å². The van der Waals surface area contributed by atoms with Crippen molar-refractivity contribution in [1.29, 1.82) is 0 Å². The number of carbonyl (C=O) groups is 1. The van der Waals surface area contributed by atoms with Crippen molar-refractivity contribution in [3.05, 3.63) is 71.4 Å². The Kier molecular flexibility index (Phi) is 13.9. The van der Waals surface area contributed by atoms with Gasteiger partial charge in [0.25, 0.3) is 0 Å². The Hall–Kier alpha value is -2.37. The lowest BCUT2D eigenvalue weighted by Crippen LogP contribution is -2.59. The minimum Gasteiger partial charge on any atom is -0.478 e. The average molecular weight is 523 g/mol. The van der Waals surface area contributed by atoms with Crippen molar-refractivity contribution in [2.45, 2.75) is 89.9 Å². The van der Waals surface area contributed by atoms with E-state index in [4.69, 9.17) is 14.6 Å². The van der Waals surface area contributed by atoms with Gasteiger partial charge in [-0.1, -0.05) is 59.8 Å². The molecule has 6 N–H and O–H groups in total. The summed E-state index contributed by atoms with van der Waals surface area (Å²) in [5.74, 6) is -1.04. The van der Waals surface area contributed by atoms with E-state index in [2.05, 4.69) is 0 Å². The third-order valence-corrected chi connectivity index (χ3v) is 5.67. The average Bonchev–Trinajstić information content (AvgIpc) is 2.80. The molecule has 208 valence electrons. The van der Waals surface area contributed by atoms with Crippen LogP contribution in [0.15, 0.2) is 71.4 Å². The zero-order valence-electron chi connectivity index (χ0n) is 22.2. The first kappa shape index (κ1) is 32.7.